The van der Waals surface area contributed by atoms with Crippen LogP contribution in [0.3, 0.4) is 0 Å². The van der Waals surface area contributed by atoms with Crippen LogP contribution in [-0.4, -0.2) is 46.1 Å². The molecule has 4 rings (SSSR count). The van der Waals surface area contributed by atoms with Gasteiger partial charge in [-0.15, -0.1) is 0 Å². The number of fused-ring (bicyclic) bond motifs is 1. The van der Waals surface area contributed by atoms with Gasteiger partial charge in [-0.25, -0.2) is 0 Å². The molecule has 1 aromatic heterocycles. The van der Waals surface area contributed by atoms with Crippen LogP contribution < -0.4 is 5.32 Å². The monoisotopic (exact) mass is 410 g/mol. The molecule has 6 nitrogen and oxygen atoms in total. The van der Waals surface area contributed by atoms with Crippen LogP contribution in [0.25, 0.3) is 10.9 Å². The minimum atomic E-state index is -0.202. The lowest BCUT2D eigenvalue weighted by Gasteiger charge is -2.15. The second kappa shape index (κ2) is 8.66. The van der Waals surface area contributed by atoms with Gasteiger partial charge in [-0.1, -0.05) is 48.0 Å². The Morgan fingerprint density at radius 3 is 2.72 bits per heavy atom. The molecule has 3 aromatic rings. The second-order valence-electron chi connectivity index (χ2n) is 7.21. The molecule has 29 heavy (non-hydrogen) atoms. The third-order valence-corrected chi connectivity index (χ3v) is 5.58. The largest absolute Gasteiger partial charge is 0.351 e. The van der Waals surface area contributed by atoms with Gasteiger partial charge in [-0.05, 0) is 30.5 Å². The fourth-order valence-corrected chi connectivity index (χ4v) is 3.90. The lowest BCUT2D eigenvalue weighted by Crippen LogP contribution is -2.31. The quantitative estimate of drug-likeness (QED) is 0.606. The van der Waals surface area contributed by atoms with Crippen molar-refractivity contribution in [3.8, 4) is 0 Å². The van der Waals surface area contributed by atoms with Gasteiger partial charge in [0, 0.05) is 36.5 Å². The first kappa shape index (κ1) is 19.5. The molecule has 0 saturated carbocycles. The summed E-state index contributed by atoms with van der Waals surface area (Å²) in [6.07, 6.45) is 2.30. The van der Waals surface area contributed by atoms with E-state index in [1.165, 1.54) is 0 Å². The zero-order valence-electron chi connectivity index (χ0n) is 16.1. The molecule has 0 unspecified atom stereocenters. The molecule has 7 heteroatoms. The fraction of sp³-hybridized carbons (Fsp3) is 0.318. The van der Waals surface area contributed by atoms with Crippen LogP contribution in [-0.2, 0) is 11.3 Å². The van der Waals surface area contributed by atoms with Crippen molar-refractivity contribution < 1.29 is 9.59 Å². The highest BCUT2D eigenvalue weighted by Gasteiger charge is 2.20. The number of likely N-dealkylation sites (tertiary alicyclic amines) is 1. The molecule has 1 aliphatic rings. The van der Waals surface area contributed by atoms with Gasteiger partial charge in [-0.3, -0.25) is 14.3 Å². The van der Waals surface area contributed by atoms with E-state index in [1.807, 2.05) is 58.1 Å². The van der Waals surface area contributed by atoms with Gasteiger partial charge in [0.15, 0.2) is 5.69 Å². The molecule has 2 amide bonds. The van der Waals surface area contributed by atoms with E-state index in [-0.39, 0.29) is 11.8 Å². The summed E-state index contributed by atoms with van der Waals surface area (Å²) in [5.74, 6) is 0.00694. The number of nitrogens with one attached hydrogen (secondary N) is 1. The SMILES string of the molecule is O=C(NCCCN1CCCC1=O)c1nn(Cc2ccccc2Cl)c2ccccc12. The summed E-state index contributed by atoms with van der Waals surface area (Å²) >= 11 is 6.29. The first-order valence-electron chi connectivity index (χ1n) is 9.88. The van der Waals surface area contributed by atoms with Gasteiger partial charge in [-0.2, -0.15) is 5.10 Å². The molecule has 1 aliphatic heterocycles. The van der Waals surface area contributed by atoms with Crippen LogP contribution >= 0.6 is 11.6 Å². The standard InChI is InChI=1S/C22H23ClN4O2/c23-18-9-3-1-7-16(18)15-27-19-10-4-2-8-17(19)21(25-27)22(29)24-12-6-14-26-13-5-11-20(26)28/h1-4,7-10H,5-6,11-15H2,(H,24,29). The fourth-order valence-electron chi connectivity index (χ4n) is 3.70. The Labute approximate surface area is 174 Å². The number of benzene rings is 2. The summed E-state index contributed by atoms with van der Waals surface area (Å²) in [5, 5.41) is 9.00. The van der Waals surface area contributed by atoms with E-state index in [4.69, 9.17) is 11.6 Å². The molecule has 1 N–H and O–H groups in total. The molecule has 0 aliphatic carbocycles. The Bertz CT molecular complexity index is 1050. The van der Waals surface area contributed by atoms with Crippen molar-refractivity contribution in [2.75, 3.05) is 19.6 Å². The molecule has 1 fully saturated rings. The highest BCUT2D eigenvalue weighted by atomic mass is 35.5. The summed E-state index contributed by atoms with van der Waals surface area (Å²) < 4.78 is 1.81. The molecule has 0 radical (unpaired) electrons. The molecule has 1 saturated heterocycles. The maximum Gasteiger partial charge on any atom is 0.272 e. The van der Waals surface area contributed by atoms with E-state index >= 15 is 0 Å². The third kappa shape index (κ3) is 4.27. The van der Waals surface area contributed by atoms with Gasteiger partial charge in [0.2, 0.25) is 5.91 Å². The van der Waals surface area contributed by atoms with Crippen LogP contribution in [0, 0.1) is 0 Å². The molecule has 0 atom stereocenters. The van der Waals surface area contributed by atoms with Crippen molar-refractivity contribution in [3.05, 3.63) is 64.8 Å². The van der Waals surface area contributed by atoms with Crippen molar-refractivity contribution >= 4 is 34.3 Å². The van der Waals surface area contributed by atoms with Gasteiger partial charge < -0.3 is 10.2 Å². The van der Waals surface area contributed by atoms with E-state index in [9.17, 15) is 9.59 Å². The van der Waals surface area contributed by atoms with Crippen molar-refractivity contribution in [1.29, 1.82) is 0 Å². The highest BCUT2D eigenvalue weighted by Crippen LogP contribution is 2.22. The molecular formula is C22H23ClN4O2. The normalized spacial score (nSPS) is 14.0. The Morgan fingerprint density at radius 2 is 1.93 bits per heavy atom. The Hall–Kier alpha value is -2.86. The number of rotatable bonds is 7. The van der Waals surface area contributed by atoms with Crippen LogP contribution in [0.5, 0.6) is 0 Å². The second-order valence-corrected chi connectivity index (χ2v) is 7.62. The number of nitrogens with zero attached hydrogens (tertiary/aromatic N) is 3. The molecule has 2 heterocycles. The maximum absolute atomic E-state index is 12.8. The first-order valence-corrected chi connectivity index (χ1v) is 10.3. The molecule has 2 aromatic carbocycles. The van der Waals surface area contributed by atoms with E-state index < -0.39 is 0 Å². The average molecular weight is 411 g/mol. The predicted molar refractivity (Wildman–Crippen MR) is 113 cm³/mol. The smallest absolute Gasteiger partial charge is 0.272 e. The van der Waals surface area contributed by atoms with Crippen molar-refractivity contribution in [3.63, 3.8) is 0 Å². The topological polar surface area (TPSA) is 67.2 Å². The molecule has 150 valence electrons. The van der Waals surface area contributed by atoms with E-state index in [0.29, 0.717) is 36.8 Å². The van der Waals surface area contributed by atoms with Gasteiger partial charge in [0.1, 0.15) is 0 Å². The lowest BCUT2D eigenvalue weighted by molar-refractivity contribution is -0.127. The molecular weight excluding hydrogens is 388 g/mol. The highest BCUT2D eigenvalue weighted by molar-refractivity contribution is 6.31. The minimum absolute atomic E-state index is 0.202. The zero-order chi connectivity index (χ0) is 20.2. The first-order chi connectivity index (χ1) is 14.1. The number of carbonyl (C=O) groups excluding carboxylic acids is 2. The van der Waals surface area contributed by atoms with Crippen molar-refractivity contribution in [1.82, 2.24) is 20.0 Å². The van der Waals surface area contributed by atoms with Crippen LogP contribution in [0.1, 0.15) is 35.3 Å². The summed E-state index contributed by atoms with van der Waals surface area (Å²) in [5.41, 5.74) is 2.25. The van der Waals surface area contributed by atoms with Gasteiger partial charge in [0.05, 0.1) is 12.1 Å². The predicted octanol–water partition coefficient (Wildman–Crippen LogP) is 3.48. The summed E-state index contributed by atoms with van der Waals surface area (Å²) in [7, 11) is 0. The number of carbonyl (C=O) groups is 2. The van der Waals surface area contributed by atoms with Gasteiger partial charge >= 0.3 is 0 Å². The Morgan fingerprint density at radius 1 is 1.14 bits per heavy atom. The van der Waals surface area contributed by atoms with Crippen LogP contribution in [0.2, 0.25) is 5.02 Å². The Balaban J connectivity index is 1.46. The van der Waals surface area contributed by atoms with E-state index in [2.05, 4.69) is 10.4 Å². The van der Waals surface area contributed by atoms with E-state index in [1.54, 1.807) is 0 Å². The van der Waals surface area contributed by atoms with Crippen LogP contribution in [0.4, 0.5) is 0 Å². The van der Waals surface area contributed by atoms with E-state index in [0.717, 1.165) is 35.9 Å². The average Bonchev–Trinajstić information content (AvgIpc) is 3.31. The molecule has 0 spiro atoms. The number of hydrogen-bond acceptors (Lipinski definition) is 3. The number of halogens is 1. The minimum Gasteiger partial charge on any atom is -0.351 e. The zero-order valence-corrected chi connectivity index (χ0v) is 16.9. The molecule has 0 bridgehead atoms. The van der Waals surface area contributed by atoms with Crippen molar-refractivity contribution in [2.45, 2.75) is 25.8 Å². The maximum atomic E-state index is 12.8. The number of para-hydroxylation sites is 1. The lowest BCUT2D eigenvalue weighted by atomic mass is 10.2. The van der Waals surface area contributed by atoms with Gasteiger partial charge in [0.25, 0.3) is 5.91 Å². The Kier molecular flexibility index (Phi) is 5.81. The third-order valence-electron chi connectivity index (χ3n) is 5.21. The van der Waals surface area contributed by atoms with Crippen LogP contribution in [0.15, 0.2) is 48.5 Å². The number of hydrogen-bond donors (Lipinski definition) is 1. The summed E-state index contributed by atoms with van der Waals surface area (Å²) in [6, 6.07) is 15.3. The number of aromatic nitrogens is 2. The van der Waals surface area contributed by atoms with Crippen molar-refractivity contribution in [2.24, 2.45) is 0 Å². The number of amides is 2. The summed E-state index contributed by atoms with van der Waals surface area (Å²) in [6.45, 7) is 2.50. The summed E-state index contributed by atoms with van der Waals surface area (Å²) in [4.78, 5) is 26.3.